The van der Waals surface area contributed by atoms with E-state index in [0.29, 0.717) is 5.69 Å². The number of carbonyl (C=O) groups excluding carboxylic acids is 3. The minimum atomic E-state index is -0.908. The van der Waals surface area contributed by atoms with E-state index < -0.39 is 35.6 Å². The SMILES string of the molecule is Cc1ccc(C)c(N2N=C(C(=O)OCC(=O)c3cc(F)ccc3F)CCC2=O)c1. The number of amides is 1. The van der Waals surface area contributed by atoms with Crippen molar-refractivity contribution >= 4 is 29.1 Å². The molecule has 2 aromatic rings. The van der Waals surface area contributed by atoms with Crippen molar-refractivity contribution in [3.63, 3.8) is 0 Å². The normalized spacial score (nSPS) is 13.9. The Balaban J connectivity index is 1.75. The van der Waals surface area contributed by atoms with Crippen molar-refractivity contribution < 1.29 is 27.9 Å². The maximum atomic E-state index is 13.7. The van der Waals surface area contributed by atoms with Crippen LogP contribution < -0.4 is 5.01 Å². The second kappa shape index (κ2) is 8.30. The number of ketones is 1. The molecule has 1 heterocycles. The first kappa shape index (κ1) is 20.3. The zero-order valence-corrected chi connectivity index (χ0v) is 15.9. The largest absolute Gasteiger partial charge is 0.453 e. The summed E-state index contributed by atoms with van der Waals surface area (Å²) in [4.78, 5) is 36.6. The van der Waals surface area contributed by atoms with Crippen LogP contribution >= 0.6 is 0 Å². The number of anilines is 1. The molecule has 0 saturated carbocycles. The summed E-state index contributed by atoms with van der Waals surface area (Å²) in [5.41, 5.74) is 1.75. The Hall–Kier alpha value is -3.42. The first-order valence-electron chi connectivity index (χ1n) is 8.89. The van der Waals surface area contributed by atoms with Gasteiger partial charge in [-0.2, -0.15) is 10.1 Å². The lowest BCUT2D eigenvalue weighted by atomic mass is 10.1. The fourth-order valence-corrected chi connectivity index (χ4v) is 2.84. The molecule has 0 fully saturated rings. The zero-order valence-electron chi connectivity index (χ0n) is 15.9. The van der Waals surface area contributed by atoms with Gasteiger partial charge < -0.3 is 4.74 Å². The molecule has 1 aliphatic heterocycles. The highest BCUT2D eigenvalue weighted by Gasteiger charge is 2.28. The van der Waals surface area contributed by atoms with Gasteiger partial charge >= 0.3 is 5.97 Å². The molecule has 150 valence electrons. The number of carbonyl (C=O) groups is 3. The molecular weight excluding hydrogens is 382 g/mol. The number of ether oxygens (including phenoxy) is 1. The lowest BCUT2D eigenvalue weighted by molar-refractivity contribution is -0.134. The third-order valence-corrected chi connectivity index (χ3v) is 4.42. The number of nitrogens with zero attached hydrogens (tertiary/aromatic N) is 2. The molecule has 0 bridgehead atoms. The summed E-state index contributed by atoms with van der Waals surface area (Å²) in [5, 5.41) is 5.25. The standard InChI is InChI=1S/C21H18F2N2O4/c1-12-3-4-13(2)18(9-12)25-20(27)8-7-17(24-25)21(28)29-11-19(26)15-10-14(22)5-6-16(15)23/h3-6,9-10H,7-8,11H2,1-2H3. The second-order valence-electron chi connectivity index (χ2n) is 6.67. The minimum Gasteiger partial charge on any atom is -0.453 e. The molecule has 1 aliphatic rings. The molecule has 0 spiro atoms. The smallest absolute Gasteiger partial charge is 0.354 e. The van der Waals surface area contributed by atoms with Gasteiger partial charge in [-0.05, 0) is 49.2 Å². The molecule has 8 heteroatoms. The van der Waals surface area contributed by atoms with E-state index in [1.807, 2.05) is 26.0 Å². The van der Waals surface area contributed by atoms with Gasteiger partial charge in [-0.15, -0.1) is 0 Å². The Bertz CT molecular complexity index is 1030. The average molecular weight is 400 g/mol. The van der Waals surface area contributed by atoms with Crippen molar-refractivity contribution in [1.29, 1.82) is 0 Å². The van der Waals surface area contributed by atoms with Crippen molar-refractivity contribution in [3.05, 3.63) is 64.7 Å². The van der Waals surface area contributed by atoms with E-state index in [0.717, 1.165) is 34.3 Å². The van der Waals surface area contributed by atoms with Crippen molar-refractivity contribution in [2.24, 2.45) is 5.10 Å². The molecule has 3 rings (SSSR count). The van der Waals surface area contributed by atoms with Crippen LogP contribution in [0.4, 0.5) is 14.5 Å². The van der Waals surface area contributed by atoms with E-state index in [-0.39, 0.29) is 24.5 Å². The Morgan fingerprint density at radius 2 is 1.86 bits per heavy atom. The molecule has 0 radical (unpaired) electrons. The van der Waals surface area contributed by atoms with Crippen LogP contribution in [0.1, 0.15) is 34.3 Å². The molecule has 0 unspecified atom stereocenters. The number of hydrogen-bond donors (Lipinski definition) is 0. The topological polar surface area (TPSA) is 76.0 Å². The molecule has 1 amide bonds. The van der Waals surface area contributed by atoms with Crippen LogP contribution in [-0.4, -0.2) is 30.0 Å². The summed E-state index contributed by atoms with van der Waals surface area (Å²) in [7, 11) is 0. The van der Waals surface area contributed by atoms with Crippen LogP contribution in [0.15, 0.2) is 41.5 Å². The molecule has 6 nitrogen and oxygen atoms in total. The van der Waals surface area contributed by atoms with Gasteiger partial charge in [0, 0.05) is 12.8 Å². The summed E-state index contributed by atoms with van der Waals surface area (Å²) in [6.45, 7) is 2.92. The fourth-order valence-electron chi connectivity index (χ4n) is 2.84. The quantitative estimate of drug-likeness (QED) is 0.569. The first-order chi connectivity index (χ1) is 13.8. The summed E-state index contributed by atoms with van der Waals surface area (Å²) in [6.07, 6.45) is 0.106. The molecule has 0 atom stereocenters. The predicted octanol–water partition coefficient (Wildman–Crippen LogP) is 3.49. The molecule has 0 saturated heterocycles. The van der Waals surface area contributed by atoms with E-state index in [1.165, 1.54) is 0 Å². The van der Waals surface area contributed by atoms with E-state index >= 15 is 0 Å². The van der Waals surface area contributed by atoms with Gasteiger partial charge in [0.2, 0.25) is 11.7 Å². The molecule has 0 aliphatic carbocycles. The number of rotatable bonds is 5. The average Bonchev–Trinajstić information content (AvgIpc) is 2.70. The van der Waals surface area contributed by atoms with Gasteiger partial charge in [0.1, 0.15) is 17.3 Å². The minimum absolute atomic E-state index is 0.0296. The van der Waals surface area contributed by atoms with Crippen molar-refractivity contribution in [2.75, 3.05) is 11.6 Å². The highest BCUT2D eigenvalue weighted by atomic mass is 19.1. The van der Waals surface area contributed by atoms with Gasteiger partial charge in [0.15, 0.2) is 6.61 Å². The maximum Gasteiger partial charge on any atom is 0.354 e. The Morgan fingerprint density at radius 1 is 1.10 bits per heavy atom. The van der Waals surface area contributed by atoms with Gasteiger partial charge in [-0.3, -0.25) is 9.59 Å². The van der Waals surface area contributed by atoms with Crippen LogP contribution in [0.5, 0.6) is 0 Å². The number of hydrazone groups is 1. The summed E-state index contributed by atoms with van der Waals surface area (Å²) < 4.78 is 31.8. The fraction of sp³-hybridized carbons (Fsp3) is 0.238. The summed E-state index contributed by atoms with van der Waals surface area (Å²) in [5.74, 6) is -3.73. The second-order valence-corrected chi connectivity index (χ2v) is 6.67. The predicted molar refractivity (Wildman–Crippen MR) is 102 cm³/mol. The highest BCUT2D eigenvalue weighted by molar-refractivity contribution is 6.38. The summed E-state index contributed by atoms with van der Waals surface area (Å²) >= 11 is 0. The number of hydrogen-bond acceptors (Lipinski definition) is 5. The Morgan fingerprint density at radius 3 is 2.62 bits per heavy atom. The van der Waals surface area contributed by atoms with Gasteiger partial charge in [0.05, 0.1) is 11.3 Å². The van der Waals surface area contributed by atoms with Crippen LogP contribution in [-0.2, 0) is 14.3 Å². The van der Waals surface area contributed by atoms with Gasteiger partial charge in [-0.1, -0.05) is 12.1 Å². The van der Waals surface area contributed by atoms with E-state index in [9.17, 15) is 23.2 Å². The zero-order chi connectivity index (χ0) is 21.1. The highest BCUT2D eigenvalue weighted by Crippen LogP contribution is 2.25. The lowest BCUT2D eigenvalue weighted by Crippen LogP contribution is -2.35. The Labute approximate surface area is 165 Å². The molecule has 2 aromatic carbocycles. The monoisotopic (exact) mass is 400 g/mol. The summed E-state index contributed by atoms with van der Waals surface area (Å²) in [6, 6.07) is 7.96. The van der Waals surface area contributed by atoms with Crippen LogP contribution in [0.2, 0.25) is 0 Å². The third-order valence-electron chi connectivity index (χ3n) is 4.42. The Kier molecular flexibility index (Phi) is 5.81. The molecule has 0 N–H and O–H groups in total. The number of halogens is 2. The third kappa shape index (κ3) is 4.53. The van der Waals surface area contributed by atoms with Crippen LogP contribution in [0.25, 0.3) is 0 Å². The van der Waals surface area contributed by atoms with E-state index in [4.69, 9.17) is 4.74 Å². The number of esters is 1. The van der Waals surface area contributed by atoms with Crippen LogP contribution in [0, 0.1) is 25.5 Å². The molecule has 29 heavy (non-hydrogen) atoms. The molecular formula is C21H18F2N2O4. The van der Waals surface area contributed by atoms with Crippen molar-refractivity contribution in [2.45, 2.75) is 26.7 Å². The number of aryl methyl sites for hydroxylation is 2. The van der Waals surface area contributed by atoms with Crippen molar-refractivity contribution in [3.8, 4) is 0 Å². The lowest BCUT2D eigenvalue weighted by Gasteiger charge is -2.24. The van der Waals surface area contributed by atoms with E-state index in [2.05, 4.69) is 5.10 Å². The van der Waals surface area contributed by atoms with Crippen molar-refractivity contribution in [1.82, 2.24) is 0 Å². The first-order valence-corrected chi connectivity index (χ1v) is 8.89. The molecule has 0 aromatic heterocycles. The van der Waals surface area contributed by atoms with E-state index in [1.54, 1.807) is 6.07 Å². The van der Waals surface area contributed by atoms with Crippen LogP contribution in [0.3, 0.4) is 0 Å². The number of benzene rings is 2. The van der Waals surface area contributed by atoms with Gasteiger partial charge in [-0.25, -0.2) is 13.6 Å². The van der Waals surface area contributed by atoms with Gasteiger partial charge in [0.25, 0.3) is 0 Å². The maximum absolute atomic E-state index is 13.7. The number of Topliss-reactive ketones (excluding diaryl/α,β-unsaturated/α-hetero) is 1.